The highest BCUT2D eigenvalue weighted by Crippen LogP contribution is 2.25. The van der Waals surface area contributed by atoms with Gasteiger partial charge in [-0.1, -0.05) is 169 Å². The van der Waals surface area contributed by atoms with Gasteiger partial charge in [-0.15, -0.1) is 0 Å². The second kappa shape index (κ2) is 14.5. The largest absolute Gasteiger partial charge is 0.0616 e. The Morgan fingerprint density at radius 1 is 0.185 bits per heavy atom. The minimum absolute atomic E-state index is 0.795. The zero-order chi connectivity index (χ0) is 36.1. The van der Waals surface area contributed by atoms with Crippen LogP contribution in [0.4, 0.5) is 0 Å². The number of hydrogen-bond donors (Lipinski definition) is 0. The lowest BCUT2D eigenvalue weighted by Crippen LogP contribution is -1.93. The van der Waals surface area contributed by atoms with Crippen molar-refractivity contribution in [2.24, 2.45) is 0 Å². The molecule has 0 saturated heterocycles. The zero-order valence-corrected chi connectivity index (χ0v) is 29.3. The quantitative estimate of drug-likeness (QED) is 0.140. The Kier molecular flexibility index (Phi) is 8.63. The normalized spacial score (nSPS) is 10.4. The van der Waals surface area contributed by atoms with Crippen molar-refractivity contribution in [3.63, 3.8) is 0 Å². The maximum Gasteiger partial charge on any atom is 0.0419 e. The molecule has 0 unspecified atom stereocenters. The molecule has 0 saturated carbocycles. The van der Waals surface area contributed by atoms with Gasteiger partial charge in [0.2, 0.25) is 0 Å². The van der Waals surface area contributed by atoms with Crippen molar-refractivity contribution in [3.8, 4) is 91.9 Å². The third-order valence-corrected chi connectivity index (χ3v) is 9.60. The molecule has 8 aliphatic carbocycles. The summed E-state index contributed by atoms with van der Waals surface area (Å²) in [4.78, 5) is 0. The van der Waals surface area contributed by atoms with E-state index in [0.29, 0.717) is 0 Å². The van der Waals surface area contributed by atoms with Crippen LogP contribution in [0.25, 0.3) is 44.5 Å². The van der Waals surface area contributed by atoms with Crippen molar-refractivity contribution in [2.75, 3.05) is 0 Å². The van der Waals surface area contributed by atoms with Crippen molar-refractivity contribution in [1.82, 2.24) is 0 Å². The van der Waals surface area contributed by atoms with E-state index in [9.17, 15) is 0 Å². The second-order valence-corrected chi connectivity index (χ2v) is 13.2. The summed E-state index contributed by atoms with van der Waals surface area (Å²) in [6.45, 7) is 0. The van der Waals surface area contributed by atoms with Crippen LogP contribution in [-0.4, -0.2) is 0 Å². The monoisotopic (exact) mass is 678 g/mol. The highest BCUT2D eigenvalue weighted by Gasteiger charge is 2.08. The van der Waals surface area contributed by atoms with Gasteiger partial charge in [0.15, 0.2) is 0 Å². The Bertz CT molecular complexity index is 2430. The van der Waals surface area contributed by atoms with Crippen molar-refractivity contribution < 1.29 is 0 Å². The fourth-order valence-electron chi connectivity index (χ4n) is 6.57. The lowest BCUT2D eigenvalue weighted by atomic mass is 9.98. The summed E-state index contributed by atoms with van der Waals surface area (Å²) in [5, 5.41) is 0. The Morgan fingerprint density at radius 3 is 0.556 bits per heavy atom. The van der Waals surface area contributed by atoms with Gasteiger partial charge in [-0.05, 0) is 105 Å². The van der Waals surface area contributed by atoms with Crippen LogP contribution < -0.4 is 0 Å². The predicted octanol–water partition coefficient (Wildman–Crippen LogP) is 11.7. The maximum atomic E-state index is 3.47. The van der Waals surface area contributed by atoms with Crippen LogP contribution >= 0.6 is 0 Å². The number of hydrogen-bond acceptors (Lipinski definition) is 0. The number of benzene rings is 1. The highest BCUT2D eigenvalue weighted by atomic mass is 14.1. The van der Waals surface area contributed by atoms with E-state index in [-0.39, 0.29) is 0 Å². The summed E-state index contributed by atoms with van der Waals surface area (Å²) in [6.07, 6.45) is 0. The van der Waals surface area contributed by atoms with Crippen molar-refractivity contribution >= 4 is 0 Å². The minimum Gasteiger partial charge on any atom is -0.0616 e. The first-order valence-corrected chi connectivity index (χ1v) is 17.9. The molecular weight excluding hydrogens is 649 g/mol. The molecule has 0 N–H and O–H groups in total. The summed E-state index contributed by atoms with van der Waals surface area (Å²) >= 11 is 0. The SMILES string of the molecule is C(#Cc1cc(C#Cc2ccc3cccc-3cc2)c(C#Cc2ccc3cccc-3cc2)cc1C#Cc1ccc2cccc-2cc1)c1ccc2cccc-2cc1. The van der Waals surface area contributed by atoms with E-state index >= 15 is 0 Å². The molecular formula is C54H30. The Labute approximate surface area is 317 Å². The second-order valence-electron chi connectivity index (χ2n) is 13.2. The van der Waals surface area contributed by atoms with E-state index in [2.05, 4.69) is 217 Å². The van der Waals surface area contributed by atoms with E-state index in [1.165, 1.54) is 44.5 Å². The van der Waals surface area contributed by atoms with Gasteiger partial charge in [-0.2, -0.15) is 0 Å². The van der Waals surface area contributed by atoms with E-state index in [1.54, 1.807) is 0 Å². The van der Waals surface area contributed by atoms with E-state index in [1.807, 2.05) is 12.1 Å². The van der Waals surface area contributed by atoms with Crippen LogP contribution in [0.1, 0.15) is 44.5 Å². The van der Waals surface area contributed by atoms with Gasteiger partial charge in [-0.25, -0.2) is 0 Å². The Morgan fingerprint density at radius 2 is 0.370 bits per heavy atom. The third kappa shape index (κ3) is 7.07. The van der Waals surface area contributed by atoms with Gasteiger partial charge in [-0.3, -0.25) is 0 Å². The molecule has 0 radical (unpaired) electrons. The fourth-order valence-corrected chi connectivity index (χ4v) is 6.57. The van der Waals surface area contributed by atoms with Gasteiger partial charge in [0.1, 0.15) is 0 Å². The molecule has 0 spiro atoms. The molecule has 0 aliphatic heterocycles. The minimum atomic E-state index is 0.795. The molecule has 0 bridgehead atoms. The zero-order valence-electron chi connectivity index (χ0n) is 29.3. The molecule has 54 heavy (non-hydrogen) atoms. The molecule has 0 heterocycles. The van der Waals surface area contributed by atoms with Crippen molar-refractivity contribution in [3.05, 3.63) is 226 Å². The summed E-state index contributed by atoms with van der Waals surface area (Å²) < 4.78 is 0. The molecule has 0 atom stereocenters. The first-order chi connectivity index (χ1) is 26.7. The van der Waals surface area contributed by atoms with Crippen LogP contribution in [0.15, 0.2) is 182 Å². The van der Waals surface area contributed by atoms with Crippen LogP contribution in [0.2, 0.25) is 0 Å². The van der Waals surface area contributed by atoms with Crippen LogP contribution in [0, 0.1) is 47.4 Å². The summed E-state index contributed by atoms with van der Waals surface area (Å²) in [7, 11) is 0. The Balaban J connectivity index is 1.20. The number of fused-ring (bicyclic) bond motifs is 4. The van der Waals surface area contributed by atoms with Gasteiger partial charge in [0.05, 0.1) is 0 Å². The van der Waals surface area contributed by atoms with E-state index < -0.39 is 0 Å². The van der Waals surface area contributed by atoms with Gasteiger partial charge < -0.3 is 0 Å². The van der Waals surface area contributed by atoms with E-state index in [0.717, 1.165) is 44.5 Å². The van der Waals surface area contributed by atoms with E-state index in [4.69, 9.17) is 0 Å². The number of rotatable bonds is 0. The topological polar surface area (TPSA) is 0 Å². The van der Waals surface area contributed by atoms with Crippen LogP contribution in [-0.2, 0) is 0 Å². The Hall–Kier alpha value is -7.74. The molecule has 9 rings (SSSR count). The molecule has 0 fully saturated rings. The fraction of sp³-hybridized carbons (Fsp3) is 0. The third-order valence-electron chi connectivity index (χ3n) is 9.60. The predicted molar refractivity (Wildman–Crippen MR) is 223 cm³/mol. The molecule has 0 amide bonds. The smallest absolute Gasteiger partial charge is 0.0419 e. The maximum absolute atomic E-state index is 3.47. The van der Waals surface area contributed by atoms with Gasteiger partial charge in [0, 0.05) is 44.5 Å². The molecule has 246 valence electrons. The van der Waals surface area contributed by atoms with Crippen LogP contribution in [0.5, 0.6) is 0 Å². The molecule has 0 aromatic heterocycles. The standard InChI is InChI=1S/C54H30/c1-5-43-25-13-39(14-26-44(43)6-1)21-33-51-37-53(35-23-41-17-29-47-9-3-10-48(47)30-18-41)54(36-24-42-19-31-49-11-4-12-50(49)32-20-42)38-52(51)34-22-40-15-27-45-7-2-8-46(45)28-16-40/h1-20,25-32,37-38H. The highest BCUT2D eigenvalue weighted by molar-refractivity contribution is 5.71. The first kappa shape index (κ1) is 32.2. The summed E-state index contributed by atoms with van der Waals surface area (Å²) in [6, 6.07) is 62.8. The van der Waals surface area contributed by atoms with Crippen molar-refractivity contribution in [2.45, 2.75) is 0 Å². The van der Waals surface area contributed by atoms with Gasteiger partial charge in [0.25, 0.3) is 0 Å². The first-order valence-electron chi connectivity index (χ1n) is 17.9. The molecule has 1 aromatic rings. The summed E-state index contributed by atoms with van der Waals surface area (Å²) in [5.41, 5.74) is 16.3. The lowest BCUT2D eigenvalue weighted by Gasteiger charge is -2.03. The molecule has 1 aromatic carbocycles. The molecule has 0 heteroatoms. The average Bonchev–Trinajstić information content (AvgIpc) is 3.96. The lowest BCUT2D eigenvalue weighted by molar-refractivity contribution is 1.51. The average molecular weight is 679 g/mol. The molecule has 8 aliphatic rings. The van der Waals surface area contributed by atoms with Crippen LogP contribution in [0.3, 0.4) is 0 Å². The van der Waals surface area contributed by atoms with Gasteiger partial charge >= 0.3 is 0 Å². The van der Waals surface area contributed by atoms with Crippen molar-refractivity contribution in [1.29, 1.82) is 0 Å². The summed E-state index contributed by atoms with van der Waals surface area (Å²) in [5.74, 6) is 27.6. The molecule has 0 nitrogen and oxygen atoms in total.